The van der Waals surface area contributed by atoms with Crippen molar-refractivity contribution in [1.29, 1.82) is 0 Å². The van der Waals surface area contributed by atoms with Crippen molar-refractivity contribution in [2.75, 3.05) is 26.4 Å². The molecule has 0 bridgehead atoms. The molecule has 6 heteroatoms. The minimum Gasteiger partial charge on any atom is -0.381 e. The Bertz CT molecular complexity index is 674. The van der Waals surface area contributed by atoms with Crippen LogP contribution in [0.1, 0.15) is 24.3 Å². The van der Waals surface area contributed by atoms with Crippen molar-refractivity contribution < 1.29 is 14.3 Å². The van der Waals surface area contributed by atoms with Crippen LogP contribution in [0, 0.1) is 5.92 Å². The van der Waals surface area contributed by atoms with Gasteiger partial charge in [-0.05, 0) is 31.4 Å². The molecule has 0 radical (unpaired) electrons. The third-order valence-corrected chi connectivity index (χ3v) is 5.59. The van der Waals surface area contributed by atoms with Gasteiger partial charge >= 0.3 is 0 Å². The van der Waals surface area contributed by atoms with Gasteiger partial charge in [0.1, 0.15) is 11.6 Å². The molecule has 0 spiro atoms. The maximum atomic E-state index is 12.5. The molecule has 5 nitrogen and oxygen atoms in total. The normalized spacial score (nSPS) is 20.6. The number of amides is 1. The summed E-state index contributed by atoms with van der Waals surface area (Å²) in [5, 5.41) is 0.922. The Balaban J connectivity index is 1.29. The maximum absolute atomic E-state index is 12.5. The van der Waals surface area contributed by atoms with E-state index in [-0.39, 0.29) is 12.5 Å². The van der Waals surface area contributed by atoms with Gasteiger partial charge in [-0.25, -0.2) is 4.98 Å². The van der Waals surface area contributed by atoms with Crippen LogP contribution < -0.4 is 0 Å². The van der Waals surface area contributed by atoms with Crippen molar-refractivity contribution in [3.63, 3.8) is 0 Å². The first-order chi connectivity index (χ1) is 11.8. The minimum absolute atomic E-state index is 0.102. The molecule has 1 aliphatic carbocycles. The minimum atomic E-state index is 0.102. The molecule has 1 saturated carbocycles. The smallest absolute Gasteiger partial charge is 0.248 e. The fraction of sp³-hybridized carbons (Fsp3) is 0.556. The predicted octanol–water partition coefficient (Wildman–Crippen LogP) is 2.84. The van der Waals surface area contributed by atoms with Crippen molar-refractivity contribution in [2.24, 2.45) is 5.92 Å². The summed E-state index contributed by atoms with van der Waals surface area (Å²) in [7, 11) is 0. The van der Waals surface area contributed by atoms with E-state index in [1.807, 2.05) is 23.1 Å². The van der Waals surface area contributed by atoms with Gasteiger partial charge in [-0.3, -0.25) is 4.79 Å². The Morgan fingerprint density at radius 2 is 2.21 bits per heavy atom. The van der Waals surface area contributed by atoms with E-state index in [4.69, 9.17) is 9.47 Å². The first-order valence-corrected chi connectivity index (χ1v) is 9.40. The molecule has 0 N–H and O–H groups in total. The van der Waals surface area contributed by atoms with Gasteiger partial charge in [0.2, 0.25) is 5.91 Å². The lowest BCUT2D eigenvalue weighted by atomic mass is 10.1. The third kappa shape index (κ3) is 3.77. The van der Waals surface area contributed by atoms with Gasteiger partial charge < -0.3 is 14.4 Å². The van der Waals surface area contributed by atoms with Crippen LogP contribution in [0.25, 0.3) is 10.2 Å². The molecule has 4 rings (SSSR count). The van der Waals surface area contributed by atoms with E-state index in [1.54, 1.807) is 11.3 Å². The number of carbonyl (C=O) groups excluding carboxylic acids is 1. The zero-order valence-electron chi connectivity index (χ0n) is 13.6. The average molecular weight is 346 g/mol. The average Bonchev–Trinajstić information content (AvgIpc) is 3.13. The summed E-state index contributed by atoms with van der Waals surface area (Å²) >= 11 is 1.62. The van der Waals surface area contributed by atoms with Gasteiger partial charge in [0.05, 0.1) is 23.4 Å². The van der Waals surface area contributed by atoms with E-state index in [2.05, 4.69) is 11.1 Å². The largest absolute Gasteiger partial charge is 0.381 e. The van der Waals surface area contributed by atoms with Crippen LogP contribution in [-0.4, -0.2) is 48.2 Å². The fourth-order valence-electron chi connectivity index (χ4n) is 3.14. The summed E-state index contributed by atoms with van der Waals surface area (Å²) in [6.07, 6.45) is 3.30. The highest BCUT2D eigenvalue weighted by Crippen LogP contribution is 2.29. The molecule has 2 aliphatic rings. The van der Waals surface area contributed by atoms with Crippen molar-refractivity contribution >= 4 is 27.5 Å². The molecule has 1 aromatic carbocycles. The van der Waals surface area contributed by atoms with Crippen LogP contribution in [-0.2, 0) is 20.9 Å². The SMILES string of the molecule is O=C(COCc1nc2ccccc2s1)N(C[C@@H]1CCOC1)C1CC1. The monoisotopic (exact) mass is 346 g/mol. The topological polar surface area (TPSA) is 51.7 Å². The van der Waals surface area contributed by atoms with E-state index in [9.17, 15) is 4.79 Å². The second-order valence-electron chi connectivity index (χ2n) is 6.58. The molecular formula is C18H22N2O3S. The Morgan fingerprint density at radius 1 is 1.33 bits per heavy atom. The predicted molar refractivity (Wildman–Crippen MR) is 92.9 cm³/mol. The van der Waals surface area contributed by atoms with Gasteiger partial charge in [-0.1, -0.05) is 12.1 Å². The molecule has 1 saturated heterocycles. The maximum Gasteiger partial charge on any atom is 0.248 e. The summed E-state index contributed by atoms with van der Waals surface area (Å²) in [4.78, 5) is 19.1. The van der Waals surface area contributed by atoms with Crippen molar-refractivity contribution in [3.05, 3.63) is 29.3 Å². The van der Waals surface area contributed by atoms with E-state index in [0.717, 1.165) is 54.2 Å². The van der Waals surface area contributed by atoms with Crippen molar-refractivity contribution in [3.8, 4) is 0 Å². The van der Waals surface area contributed by atoms with Crippen LogP contribution >= 0.6 is 11.3 Å². The second kappa shape index (κ2) is 7.17. The summed E-state index contributed by atoms with van der Waals surface area (Å²) in [5.74, 6) is 0.587. The molecule has 1 aliphatic heterocycles. The molecule has 2 fully saturated rings. The number of benzene rings is 1. The van der Waals surface area contributed by atoms with Crippen LogP contribution in [0.3, 0.4) is 0 Å². The number of carbonyl (C=O) groups is 1. The molecule has 0 unspecified atom stereocenters. The highest BCUT2D eigenvalue weighted by atomic mass is 32.1. The highest BCUT2D eigenvalue weighted by Gasteiger charge is 2.34. The van der Waals surface area contributed by atoms with Gasteiger partial charge in [-0.15, -0.1) is 11.3 Å². The Morgan fingerprint density at radius 3 is 2.96 bits per heavy atom. The lowest BCUT2D eigenvalue weighted by Gasteiger charge is -2.25. The lowest BCUT2D eigenvalue weighted by molar-refractivity contribution is -0.137. The molecule has 1 aromatic heterocycles. The first-order valence-electron chi connectivity index (χ1n) is 8.59. The molecule has 1 atom stereocenters. The number of aromatic nitrogens is 1. The molecule has 128 valence electrons. The molecule has 2 heterocycles. The Labute approximate surface area is 145 Å². The Hall–Kier alpha value is -1.50. The lowest BCUT2D eigenvalue weighted by Crippen LogP contribution is -2.39. The van der Waals surface area contributed by atoms with Crippen LogP contribution in [0.2, 0.25) is 0 Å². The first kappa shape index (κ1) is 16.0. The molecule has 24 heavy (non-hydrogen) atoms. The summed E-state index contributed by atoms with van der Waals surface area (Å²) < 4.78 is 12.2. The molecule has 2 aromatic rings. The number of hydrogen-bond acceptors (Lipinski definition) is 5. The van der Waals surface area contributed by atoms with E-state index in [0.29, 0.717) is 18.6 Å². The van der Waals surface area contributed by atoms with Crippen molar-refractivity contribution in [2.45, 2.75) is 31.9 Å². The quantitative estimate of drug-likeness (QED) is 0.774. The van der Waals surface area contributed by atoms with Gasteiger partial charge in [-0.2, -0.15) is 0 Å². The van der Waals surface area contributed by atoms with Crippen LogP contribution in [0.5, 0.6) is 0 Å². The number of para-hydroxylation sites is 1. The van der Waals surface area contributed by atoms with E-state index < -0.39 is 0 Å². The number of fused-ring (bicyclic) bond motifs is 1. The fourth-order valence-corrected chi connectivity index (χ4v) is 4.04. The molecule has 1 amide bonds. The second-order valence-corrected chi connectivity index (χ2v) is 7.69. The van der Waals surface area contributed by atoms with Crippen molar-refractivity contribution in [1.82, 2.24) is 9.88 Å². The zero-order chi connectivity index (χ0) is 16.4. The van der Waals surface area contributed by atoms with Crippen LogP contribution in [0.15, 0.2) is 24.3 Å². The number of nitrogens with zero attached hydrogens (tertiary/aromatic N) is 2. The summed E-state index contributed by atoms with van der Waals surface area (Å²) in [6.45, 7) is 2.96. The summed E-state index contributed by atoms with van der Waals surface area (Å²) in [5.41, 5.74) is 0.994. The standard InChI is InChI=1S/C18H22N2O3S/c21-18(20(14-5-6-14)9-13-7-8-22-10-13)12-23-11-17-19-15-3-1-2-4-16(15)24-17/h1-4,13-14H,5-12H2/t13-/m0/s1. The van der Waals surface area contributed by atoms with E-state index in [1.165, 1.54) is 0 Å². The van der Waals surface area contributed by atoms with E-state index >= 15 is 0 Å². The Kier molecular flexibility index (Phi) is 4.78. The summed E-state index contributed by atoms with van der Waals surface area (Å²) in [6, 6.07) is 8.47. The highest BCUT2D eigenvalue weighted by molar-refractivity contribution is 7.18. The van der Waals surface area contributed by atoms with Gasteiger partial charge in [0.15, 0.2) is 0 Å². The van der Waals surface area contributed by atoms with Gasteiger partial charge in [0.25, 0.3) is 0 Å². The number of rotatable bonds is 7. The number of hydrogen-bond donors (Lipinski definition) is 0. The van der Waals surface area contributed by atoms with Crippen LogP contribution in [0.4, 0.5) is 0 Å². The molecular weight excluding hydrogens is 324 g/mol. The number of thiazole rings is 1. The van der Waals surface area contributed by atoms with Gasteiger partial charge in [0, 0.05) is 25.1 Å². The number of ether oxygens (including phenoxy) is 2. The third-order valence-electron chi connectivity index (χ3n) is 4.58. The zero-order valence-corrected chi connectivity index (χ0v) is 14.5.